The zero-order valence-electron chi connectivity index (χ0n) is 11.6. The molecule has 2 amide bonds. The van der Waals surface area contributed by atoms with Gasteiger partial charge in [-0.15, -0.1) is 0 Å². The van der Waals surface area contributed by atoms with Crippen molar-refractivity contribution in [3.8, 4) is 0 Å². The fourth-order valence-corrected chi connectivity index (χ4v) is 1.80. The largest absolute Gasteiger partial charge is 0.344 e. The van der Waals surface area contributed by atoms with Crippen molar-refractivity contribution in [3.05, 3.63) is 71.3 Å². The average Bonchev–Trinajstić information content (AvgIpc) is 2.52. The van der Waals surface area contributed by atoms with Gasteiger partial charge in [0.1, 0.15) is 11.6 Å². The van der Waals surface area contributed by atoms with E-state index in [1.165, 1.54) is 36.4 Å². The van der Waals surface area contributed by atoms with Gasteiger partial charge in [0.25, 0.3) is 0 Å². The molecule has 2 rings (SSSR count). The van der Waals surface area contributed by atoms with Crippen LogP contribution in [0.3, 0.4) is 0 Å². The van der Waals surface area contributed by atoms with Crippen molar-refractivity contribution in [2.24, 2.45) is 0 Å². The van der Waals surface area contributed by atoms with Gasteiger partial charge < -0.3 is 10.6 Å². The maximum absolute atomic E-state index is 13.4. The van der Waals surface area contributed by atoms with E-state index in [0.717, 1.165) is 0 Å². The third kappa shape index (κ3) is 4.12. The number of rotatable bonds is 4. The first kappa shape index (κ1) is 15.6. The van der Waals surface area contributed by atoms with Gasteiger partial charge in [0, 0.05) is 24.2 Å². The van der Waals surface area contributed by atoms with E-state index in [2.05, 4.69) is 10.6 Å². The van der Waals surface area contributed by atoms with Gasteiger partial charge in [-0.25, -0.2) is 8.78 Å². The highest BCUT2D eigenvalue weighted by molar-refractivity contribution is 6.35. The lowest BCUT2D eigenvalue weighted by Gasteiger charge is -2.07. The minimum atomic E-state index is -0.903. The fraction of sp³-hybridized carbons (Fsp3) is 0.125. The van der Waals surface area contributed by atoms with E-state index in [0.29, 0.717) is 0 Å². The highest BCUT2D eigenvalue weighted by atomic mass is 19.1. The maximum atomic E-state index is 13.4. The van der Waals surface area contributed by atoms with E-state index in [1.807, 2.05) is 0 Å². The minimum absolute atomic E-state index is 0.0986. The van der Waals surface area contributed by atoms with E-state index < -0.39 is 23.4 Å². The van der Waals surface area contributed by atoms with Crippen molar-refractivity contribution < 1.29 is 18.4 Å². The van der Waals surface area contributed by atoms with Gasteiger partial charge in [-0.05, 0) is 12.1 Å². The van der Waals surface area contributed by atoms with Crippen LogP contribution in [0, 0.1) is 11.6 Å². The van der Waals surface area contributed by atoms with E-state index in [4.69, 9.17) is 0 Å². The third-order valence-corrected chi connectivity index (χ3v) is 3.00. The SMILES string of the molecule is O=C(NCc1ccccc1F)C(=O)NCc1ccccc1F. The number of halogens is 2. The number of amides is 2. The normalized spacial score (nSPS) is 10.1. The van der Waals surface area contributed by atoms with Crippen molar-refractivity contribution >= 4 is 11.8 Å². The molecule has 114 valence electrons. The maximum Gasteiger partial charge on any atom is 0.309 e. The molecule has 0 atom stereocenters. The fourth-order valence-electron chi connectivity index (χ4n) is 1.80. The molecular formula is C16H14F2N2O2. The zero-order valence-corrected chi connectivity index (χ0v) is 11.6. The Hall–Kier alpha value is -2.76. The summed E-state index contributed by atoms with van der Waals surface area (Å²) < 4.78 is 26.7. The lowest BCUT2D eigenvalue weighted by Crippen LogP contribution is -2.39. The molecule has 4 nitrogen and oxygen atoms in total. The summed E-state index contributed by atoms with van der Waals surface area (Å²) in [7, 11) is 0. The monoisotopic (exact) mass is 304 g/mol. The van der Waals surface area contributed by atoms with E-state index in [9.17, 15) is 18.4 Å². The lowest BCUT2D eigenvalue weighted by molar-refractivity contribution is -0.139. The number of benzene rings is 2. The summed E-state index contributed by atoms with van der Waals surface area (Å²) in [5.74, 6) is -2.73. The Labute approximate surface area is 126 Å². The van der Waals surface area contributed by atoms with Gasteiger partial charge in [-0.3, -0.25) is 9.59 Å². The number of hydrogen-bond acceptors (Lipinski definition) is 2. The Bertz CT molecular complexity index is 630. The van der Waals surface area contributed by atoms with Crippen LogP contribution in [0.4, 0.5) is 8.78 Å². The van der Waals surface area contributed by atoms with E-state index in [-0.39, 0.29) is 24.2 Å². The summed E-state index contributed by atoms with van der Waals surface area (Å²) in [5.41, 5.74) is 0.551. The zero-order chi connectivity index (χ0) is 15.9. The van der Waals surface area contributed by atoms with Gasteiger partial charge in [0.2, 0.25) is 0 Å². The first-order valence-electron chi connectivity index (χ1n) is 6.61. The molecule has 2 aromatic rings. The topological polar surface area (TPSA) is 58.2 Å². The minimum Gasteiger partial charge on any atom is -0.344 e. The standard InChI is InChI=1S/C16H14F2N2O2/c17-13-7-3-1-5-11(13)9-19-15(21)16(22)20-10-12-6-2-4-8-14(12)18/h1-8H,9-10H2,(H,19,21)(H,20,22). The summed E-state index contributed by atoms with van der Waals surface area (Å²) in [6.07, 6.45) is 0. The summed E-state index contributed by atoms with van der Waals surface area (Å²) in [6, 6.07) is 11.9. The van der Waals surface area contributed by atoms with Crippen LogP contribution in [-0.4, -0.2) is 11.8 Å². The molecule has 0 aliphatic rings. The molecule has 0 aliphatic heterocycles. The molecule has 2 N–H and O–H groups in total. The summed E-state index contributed by atoms with van der Waals surface area (Å²) >= 11 is 0. The molecule has 6 heteroatoms. The highest BCUT2D eigenvalue weighted by Crippen LogP contribution is 2.06. The summed E-state index contributed by atoms with van der Waals surface area (Å²) in [6.45, 7) is -0.197. The van der Waals surface area contributed by atoms with Crippen molar-refractivity contribution in [1.29, 1.82) is 0 Å². The van der Waals surface area contributed by atoms with Crippen LogP contribution in [0.15, 0.2) is 48.5 Å². The molecule has 0 saturated heterocycles. The van der Waals surface area contributed by atoms with Gasteiger partial charge in [0.05, 0.1) is 0 Å². The number of carbonyl (C=O) groups excluding carboxylic acids is 2. The molecule has 0 radical (unpaired) electrons. The molecule has 0 spiro atoms. The van der Waals surface area contributed by atoms with Gasteiger partial charge in [-0.2, -0.15) is 0 Å². The molecule has 0 bridgehead atoms. The van der Waals surface area contributed by atoms with Gasteiger partial charge in [-0.1, -0.05) is 36.4 Å². The summed E-state index contributed by atoms with van der Waals surface area (Å²) in [4.78, 5) is 23.2. The lowest BCUT2D eigenvalue weighted by atomic mass is 10.2. The Kier molecular flexibility index (Phi) is 5.19. The molecule has 0 unspecified atom stereocenters. The second-order valence-electron chi connectivity index (χ2n) is 4.55. The molecule has 0 aliphatic carbocycles. The molecule has 2 aromatic carbocycles. The van der Waals surface area contributed by atoms with Crippen molar-refractivity contribution in [1.82, 2.24) is 10.6 Å². The van der Waals surface area contributed by atoms with E-state index >= 15 is 0 Å². The molecule has 0 saturated carbocycles. The van der Waals surface area contributed by atoms with Crippen molar-refractivity contribution in [2.75, 3.05) is 0 Å². The van der Waals surface area contributed by atoms with Gasteiger partial charge >= 0.3 is 11.8 Å². The van der Waals surface area contributed by atoms with Crippen LogP contribution in [0.2, 0.25) is 0 Å². The van der Waals surface area contributed by atoms with Gasteiger partial charge in [0.15, 0.2) is 0 Å². The number of hydrogen-bond donors (Lipinski definition) is 2. The van der Waals surface area contributed by atoms with Crippen LogP contribution in [-0.2, 0) is 22.7 Å². The van der Waals surface area contributed by atoms with Crippen LogP contribution in [0.25, 0.3) is 0 Å². The molecule has 0 aromatic heterocycles. The first-order valence-corrected chi connectivity index (χ1v) is 6.61. The Balaban J connectivity index is 1.84. The van der Waals surface area contributed by atoms with Crippen molar-refractivity contribution in [2.45, 2.75) is 13.1 Å². The predicted molar refractivity (Wildman–Crippen MR) is 76.5 cm³/mol. The smallest absolute Gasteiger partial charge is 0.309 e. The quantitative estimate of drug-likeness (QED) is 0.848. The molecule has 0 heterocycles. The Morgan fingerprint density at radius 2 is 1.09 bits per heavy atom. The van der Waals surface area contributed by atoms with Crippen LogP contribution in [0.5, 0.6) is 0 Å². The van der Waals surface area contributed by atoms with Crippen LogP contribution < -0.4 is 10.6 Å². The third-order valence-electron chi connectivity index (χ3n) is 3.00. The second-order valence-corrected chi connectivity index (χ2v) is 4.55. The van der Waals surface area contributed by atoms with E-state index in [1.54, 1.807) is 12.1 Å². The Morgan fingerprint density at radius 1 is 0.727 bits per heavy atom. The van der Waals surface area contributed by atoms with Crippen LogP contribution in [0.1, 0.15) is 11.1 Å². The molecular weight excluding hydrogens is 290 g/mol. The average molecular weight is 304 g/mol. The first-order chi connectivity index (χ1) is 10.6. The highest BCUT2D eigenvalue weighted by Gasteiger charge is 2.14. The van der Waals surface area contributed by atoms with Crippen molar-refractivity contribution in [3.63, 3.8) is 0 Å². The second kappa shape index (κ2) is 7.31. The molecule has 22 heavy (non-hydrogen) atoms. The number of nitrogens with one attached hydrogen (secondary N) is 2. The van der Waals surface area contributed by atoms with Crippen LogP contribution >= 0.6 is 0 Å². The molecule has 0 fully saturated rings. The number of carbonyl (C=O) groups is 2. The Morgan fingerprint density at radius 3 is 1.45 bits per heavy atom. The summed E-state index contributed by atoms with van der Waals surface area (Å²) in [5, 5.41) is 4.61. The predicted octanol–water partition coefficient (Wildman–Crippen LogP) is 1.90.